The van der Waals surface area contributed by atoms with Crippen molar-refractivity contribution < 1.29 is 14.3 Å². The van der Waals surface area contributed by atoms with Crippen molar-refractivity contribution in [3.05, 3.63) is 29.6 Å². The highest BCUT2D eigenvalue weighted by atomic mass is 19.1. The predicted molar refractivity (Wildman–Crippen MR) is 63.8 cm³/mol. The van der Waals surface area contributed by atoms with Crippen molar-refractivity contribution in [1.29, 1.82) is 0 Å². The number of halogens is 1. The van der Waals surface area contributed by atoms with E-state index in [9.17, 15) is 9.18 Å². The van der Waals surface area contributed by atoms with Gasteiger partial charge >= 0.3 is 5.97 Å². The molecule has 0 spiro atoms. The van der Waals surface area contributed by atoms with Crippen molar-refractivity contribution in [1.82, 2.24) is 0 Å². The Kier molecular flexibility index (Phi) is 3.31. The third-order valence-corrected chi connectivity index (χ3v) is 3.43. The molecule has 0 amide bonds. The molecule has 0 aromatic heterocycles. The molecular formula is C13H16FNO2. The van der Waals surface area contributed by atoms with Crippen LogP contribution in [0.4, 0.5) is 10.1 Å². The van der Waals surface area contributed by atoms with E-state index in [-0.39, 0.29) is 11.6 Å². The highest BCUT2D eigenvalue weighted by molar-refractivity contribution is 5.94. The number of anilines is 1. The van der Waals surface area contributed by atoms with Gasteiger partial charge in [-0.1, -0.05) is 19.4 Å². The second-order valence-electron chi connectivity index (χ2n) is 4.63. The molecule has 17 heavy (non-hydrogen) atoms. The number of carboxylic acid groups (broad SMARTS) is 1. The Labute approximate surface area is 99.7 Å². The van der Waals surface area contributed by atoms with Crippen LogP contribution in [-0.4, -0.2) is 17.1 Å². The Morgan fingerprint density at radius 1 is 1.47 bits per heavy atom. The maximum atomic E-state index is 13.5. The molecule has 1 aromatic rings. The predicted octanol–water partition coefficient (Wildman–Crippen LogP) is 3.12. The van der Waals surface area contributed by atoms with Gasteiger partial charge in [-0.15, -0.1) is 0 Å². The number of hydrogen-bond donors (Lipinski definition) is 2. The maximum absolute atomic E-state index is 13.5. The smallest absolute Gasteiger partial charge is 0.340 e. The highest BCUT2D eigenvalue weighted by Gasteiger charge is 2.25. The van der Waals surface area contributed by atoms with E-state index >= 15 is 0 Å². The summed E-state index contributed by atoms with van der Waals surface area (Å²) in [5.41, 5.74) is 0.128. The van der Waals surface area contributed by atoms with E-state index in [1.807, 2.05) is 0 Å². The summed E-state index contributed by atoms with van der Waals surface area (Å²) in [6.45, 7) is 2.13. The second-order valence-corrected chi connectivity index (χ2v) is 4.63. The van der Waals surface area contributed by atoms with E-state index in [0.717, 1.165) is 19.3 Å². The van der Waals surface area contributed by atoms with Gasteiger partial charge in [0.05, 0.1) is 5.69 Å². The minimum absolute atomic E-state index is 0.245. The molecule has 1 aliphatic rings. The van der Waals surface area contributed by atoms with Gasteiger partial charge < -0.3 is 10.4 Å². The number of aromatic carboxylic acids is 1. The summed E-state index contributed by atoms with van der Waals surface area (Å²) in [4.78, 5) is 11.0. The Morgan fingerprint density at radius 3 is 2.82 bits per heavy atom. The molecule has 0 bridgehead atoms. The summed E-state index contributed by atoms with van der Waals surface area (Å²) < 4.78 is 13.5. The highest BCUT2D eigenvalue weighted by Crippen LogP contribution is 2.29. The lowest BCUT2D eigenvalue weighted by Gasteiger charge is -2.20. The third kappa shape index (κ3) is 2.40. The maximum Gasteiger partial charge on any atom is 0.340 e. The van der Waals surface area contributed by atoms with E-state index in [1.165, 1.54) is 12.1 Å². The summed E-state index contributed by atoms with van der Waals surface area (Å²) in [5.74, 6) is -1.41. The molecule has 1 fully saturated rings. The van der Waals surface area contributed by atoms with Crippen molar-refractivity contribution in [2.75, 3.05) is 5.32 Å². The number of benzene rings is 1. The normalized spacial score (nSPS) is 23.6. The van der Waals surface area contributed by atoms with Gasteiger partial charge in [-0.25, -0.2) is 9.18 Å². The van der Waals surface area contributed by atoms with E-state index < -0.39 is 11.8 Å². The van der Waals surface area contributed by atoms with Crippen molar-refractivity contribution >= 4 is 11.7 Å². The summed E-state index contributed by atoms with van der Waals surface area (Å²) in [6.07, 6.45) is 3.28. The molecule has 0 aliphatic heterocycles. The first-order chi connectivity index (χ1) is 8.09. The molecule has 2 N–H and O–H groups in total. The molecule has 2 rings (SSSR count). The van der Waals surface area contributed by atoms with Gasteiger partial charge in [0.2, 0.25) is 0 Å². The lowest BCUT2D eigenvalue weighted by atomic mass is 10.0. The fourth-order valence-corrected chi connectivity index (χ4v) is 2.42. The van der Waals surface area contributed by atoms with Crippen LogP contribution in [0.25, 0.3) is 0 Å². The quantitative estimate of drug-likeness (QED) is 0.849. The van der Waals surface area contributed by atoms with Crippen LogP contribution in [0.2, 0.25) is 0 Å². The number of carbonyl (C=O) groups is 1. The van der Waals surface area contributed by atoms with Crippen LogP contribution >= 0.6 is 0 Å². The molecule has 0 radical (unpaired) electrons. The average Bonchev–Trinajstić information content (AvgIpc) is 2.64. The van der Waals surface area contributed by atoms with Crippen LogP contribution < -0.4 is 5.32 Å². The van der Waals surface area contributed by atoms with Crippen molar-refractivity contribution in [2.45, 2.75) is 32.2 Å². The number of carboxylic acids is 1. The Bertz CT molecular complexity index is 433. The zero-order valence-electron chi connectivity index (χ0n) is 9.74. The standard InChI is InChI=1S/C13H16FNO2/c1-8-4-2-6-10(8)15-11-7-3-5-9(14)12(11)13(16)17/h3,5,7-8,10,15H,2,4,6H2,1H3,(H,16,17). The number of hydrogen-bond acceptors (Lipinski definition) is 2. The zero-order valence-corrected chi connectivity index (χ0v) is 9.74. The van der Waals surface area contributed by atoms with Crippen LogP contribution in [0, 0.1) is 11.7 Å². The molecular weight excluding hydrogens is 221 g/mol. The van der Waals surface area contributed by atoms with E-state index in [4.69, 9.17) is 5.11 Å². The lowest BCUT2D eigenvalue weighted by Crippen LogP contribution is -2.23. The molecule has 1 saturated carbocycles. The SMILES string of the molecule is CC1CCCC1Nc1cccc(F)c1C(=O)O. The van der Waals surface area contributed by atoms with E-state index in [1.54, 1.807) is 6.07 Å². The largest absolute Gasteiger partial charge is 0.478 e. The molecule has 2 atom stereocenters. The minimum Gasteiger partial charge on any atom is -0.478 e. The monoisotopic (exact) mass is 237 g/mol. The van der Waals surface area contributed by atoms with Gasteiger partial charge in [0, 0.05) is 6.04 Å². The van der Waals surface area contributed by atoms with Crippen molar-refractivity contribution in [3.8, 4) is 0 Å². The van der Waals surface area contributed by atoms with Gasteiger partial charge in [-0.3, -0.25) is 0 Å². The van der Waals surface area contributed by atoms with Crippen LogP contribution in [0.15, 0.2) is 18.2 Å². The van der Waals surface area contributed by atoms with Crippen molar-refractivity contribution in [3.63, 3.8) is 0 Å². The molecule has 2 unspecified atom stereocenters. The summed E-state index contributed by atoms with van der Waals surface area (Å²) >= 11 is 0. The van der Waals surface area contributed by atoms with Crippen molar-refractivity contribution in [2.24, 2.45) is 5.92 Å². The van der Waals surface area contributed by atoms with Crippen LogP contribution in [0.5, 0.6) is 0 Å². The Balaban J connectivity index is 2.26. The molecule has 3 nitrogen and oxygen atoms in total. The Hall–Kier alpha value is -1.58. The fraction of sp³-hybridized carbons (Fsp3) is 0.462. The second kappa shape index (κ2) is 4.73. The van der Waals surface area contributed by atoms with Gasteiger partial charge in [0.1, 0.15) is 11.4 Å². The number of nitrogens with one attached hydrogen (secondary N) is 1. The molecule has 0 saturated heterocycles. The Morgan fingerprint density at radius 2 is 2.24 bits per heavy atom. The summed E-state index contributed by atoms with van der Waals surface area (Å²) in [7, 11) is 0. The molecule has 1 aromatic carbocycles. The van der Waals surface area contributed by atoms with Crippen LogP contribution in [-0.2, 0) is 0 Å². The average molecular weight is 237 g/mol. The molecule has 0 heterocycles. The zero-order chi connectivity index (χ0) is 12.4. The fourth-order valence-electron chi connectivity index (χ4n) is 2.42. The number of rotatable bonds is 3. The third-order valence-electron chi connectivity index (χ3n) is 3.43. The first-order valence-electron chi connectivity index (χ1n) is 5.88. The van der Waals surface area contributed by atoms with Gasteiger partial charge in [0.15, 0.2) is 0 Å². The van der Waals surface area contributed by atoms with Gasteiger partial charge in [0.25, 0.3) is 0 Å². The van der Waals surface area contributed by atoms with Crippen LogP contribution in [0.3, 0.4) is 0 Å². The topological polar surface area (TPSA) is 49.3 Å². The van der Waals surface area contributed by atoms with Gasteiger partial charge in [-0.05, 0) is 30.9 Å². The summed E-state index contributed by atoms with van der Waals surface area (Å²) in [6, 6.07) is 4.57. The first-order valence-corrected chi connectivity index (χ1v) is 5.88. The summed E-state index contributed by atoms with van der Waals surface area (Å²) in [5, 5.41) is 12.2. The van der Waals surface area contributed by atoms with E-state index in [0.29, 0.717) is 11.6 Å². The molecule has 4 heteroatoms. The van der Waals surface area contributed by atoms with Gasteiger partial charge in [-0.2, -0.15) is 0 Å². The van der Waals surface area contributed by atoms with E-state index in [2.05, 4.69) is 12.2 Å². The molecule has 1 aliphatic carbocycles. The molecule has 92 valence electrons. The van der Waals surface area contributed by atoms with Crippen LogP contribution in [0.1, 0.15) is 36.5 Å². The minimum atomic E-state index is -1.23. The lowest BCUT2D eigenvalue weighted by molar-refractivity contribution is 0.0693. The first kappa shape index (κ1) is 11.9.